The Labute approximate surface area is 106 Å². The molecule has 0 aromatic carbocycles. The van der Waals surface area contributed by atoms with Gasteiger partial charge in [-0.05, 0) is 25.2 Å². The molecule has 1 aliphatic heterocycles. The van der Waals surface area contributed by atoms with E-state index in [9.17, 15) is 4.79 Å². The van der Waals surface area contributed by atoms with Gasteiger partial charge in [-0.25, -0.2) is 0 Å². The van der Waals surface area contributed by atoms with E-state index in [1.807, 2.05) is 0 Å². The maximum Gasteiger partial charge on any atom is 0.241 e. The molecular formula is C14H28N2O. The molecule has 0 radical (unpaired) electrons. The molecule has 3 nitrogen and oxygen atoms in total. The third-order valence-corrected chi connectivity index (χ3v) is 4.08. The van der Waals surface area contributed by atoms with E-state index in [2.05, 4.69) is 51.8 Å². The highest BCUT2D eigenvalue weighted by Crippen LogP contribution is 2.26. The zero-order valence-corrected chi connectivity index (χ0v) is 12.2. The quantitative estimate of drug-likeness (QED) is 0.801. The summed E-state index contributed by atoms with van der Waals surface area (Å²) in [6.07, 6.45) is 2.27. The SMILES string of the molecule is CCC(C)C1NC(C(C)C)N(C(C)CC)C1=O. The Bertz CT molecular complexity index is 265. The third-order valence-electron chi connectivity index (χ3n) is 4.08. The normalized spacial score (nSPS) is 28.9. The summed E-state index contributed by atoms with van der Waals surface area (Å²) in [5.41, 5.74) is 0. The van der Waals surface area contributed by atoms with Crippen LogP contribution in [0.15, 0.2) is 0 Å². The number of nitrogens with zero attached hydrogens (tertiary/aromatic N) is 1. The van der Waals surface area contributed by atoms with Gasteiger partial charge in [0.2, 0.25) is 5.91 Å². The van der Waals surface area contributed by atoms with Gasteiger partial charge < -0.3 is 4.90 Å². The number of hydrogen-bond donors (Lipinski definition) is 1. The van der Waals surface area contributed by atoms with E-state index in [4.69, 9.17) is 0 Å². The molecule has 17 heavy (non-hydrogen) atoms. The largest absolute Gasteiger partial charge is 0.323 e. The van der Waals surface area contributed by atoms with Gasteiger partial charge in [-0.2, -0.15) is 0 Å². The molecule has 0 spiro atoms. The number of carbonyl (C=O) groups is 1. The zero-order valence-electron chi connectivity index (χ0n) is 12.2. The van der Waals surface area contributed by atoms with Crippen LogP contribution in [0.3, 0.4) is 0 Å². The molecule has 1 rings (SSSR count). The van der Waals surface area contributed by atoms with Crippen LogP contribution in [0.2, 0.25) is 0 Å². The summed E-state index contributed by atoms with van der Waals surface area (Å²) in [6.45, 7) is 13.0. The lowest BCUT2D eigenvalue weighted by Crippen LogP contribution is -2.46. The van der Waals surface area contributed by atoms with Gasteiger partial charge in [0.15, 0.2) is 0 Å². The van der Waals surface area contributed by atoms with E-state index in [1.54, 1.807) is 0 Å². The second kappa shape index (κ2) is 5.85. The lowest BCUT2D eigenvalue weighted by Gasteiger charge is -2.32. The topological polar surface area (TPSA) is 32.3 Å². The summed E-state index contributed by atoms with van der Waals surface area (Å²) >= 11 is 0. The van der Waals surface area contributed by atoms with Crippen LogP contribution in [0.25, 0.3) is 0 Å². The Morgan fingerprint density at radius 2 is 1.76 bits per heavy atom. The lowest BCUT2D eigenvalue weighted by molar-refractivity contribution is -0.133. The van der Waals surface area contributed by atoms with Crippen LogP contribution in [-0.2, 0) is 4.79 Å². The number of carbonyl (C=O) groups excluding carboxylic acids is 1. The molecule has 100 valence electrons. The molecule has 1 fully saturated rings. The summed E-state index contributed by atoms with van der Waals surface area (Å²) in [5.74, 6) is 1.17. The molecule has 0 bridgehead atoms. The fourth-order valence-corrected chi connectivity index (χ4v) is 2.48. The number of nitrogens with one attached hydrogen (secondary N) is 1. The molecule has 3 heteroatoms. The van der Waals surface area contributed by atoms with Crippen LogP contribution in [0.5, 0.6) is 0 Å². The van der Waals surface area contributed by atoms with Crippen molar-refractivity contribution >= 4 is 5.91 Å². The van der Waals surface area contributed by atoms with Crippen LogP contribution in [0, 0.1) is 11.8 Å². The molecular weight excluding hydrogens is 212 g/mol. The van der Waals surface area contributed by atoms with Crippen molar-refractivity contribution in [3.63, 3.8) is 0 Å². The highest BCUT2D eigenvalue weighted by molar-refractivity contribution is 5.85. The molecule has 1 N–H and O–H groups in total. The maximum atomic E-state index is 12.5. The predicted octanol–water partition coefficient (Wildman–Crippen LogP) is 2.61. The van der Waals surface area contributed by atoms with Gasteiger partial charge in [-0.15, -0.1) is 0 Å². The van der Waals surface area contributed by atoms with Crippen molar-refractivity contribution in [1.82, 2.24) is 10.2 Å². The molecule has 1 amide bonds. The third kappa shape index (κ3) is 2.82. The van der Waals surface area contributed by atoms with Crippen LogP contribution in [0.1, 0.15) is 54.4 Å². The molecule has 4 unspecified atom stereocenters. The minimum absolute atomic E-state index is 0.0152. The van der Waals surface area contributed by atoms with E-state index < -0.39 is 0 Å². The van der Waals surface area contributed by atoms with Gasteiger partial charge in [0.1, 0.15) is 0 Å². The van der Waals surface area contributed by atoms with E-state index >= 15 is 0 Å². The highest BCUT2D eigenvalue weighted by Gasteiger charge is 2.43. The molecule has 1 aliphatic rings. The van der Waals surface area contributed by atoms with Crippen molar-refractivity contribution in [3.05, 3.63) is 0 Å². The Morgan fingerprint density at radius 3 is 2.18 bits per heavy atom. The van der Waals surface area contributed by atoms with Gasteiger partial charge >= 0.3 is 0 Å². The van der Waals surface area contributed by atoms with Gasteiger partial charge in [-0.1, -0.05) is 41.0 Å². The molecule has 0 aromatic rings. The van der Waals surface area contributed by atoms with Gasteiger partial charge in [0.05, 0.1) is 12.2 Å². The van der Waals surface area contributed by atoms with Crippen LogP contribution in [0.4, 0.5) is 0 Å². The van der Waals surface area contributed by atoms with Crippen molar-refractivity contribution in [1.29, 1.82) is 0 Å². The first-order chi connectivity index (χ1) is 7.93. The Kier molecular flexibility index (Phi) is 4.99. The number of hydrogen-bond acceptors (Lipinski definition) is 2. The van der Waals surface area contributed by atoms with E-state index in [0.717, 1.165) is 12.8 Å². The average Bonchev–Trinajstić information content (AvgIpc) is 2.65. The molecule has 0 aliphatic carbocycles. The van der Waals surface area contributed by atoms with Gasteiger partial charge in [0, 0.05) is 6.04 Å². The summed E-state index contributed by atoms with van der Waals surface area (Å²) in [6, 6.07) is 0.345. The first-order valence-electron chi connectivity index (χ1n) is 7.02. The Hall–Kier alpha value is -0.570. The van der Waals surface area contributed by atoms with Gasteiger partial charge in [0.25, 0.3) is 0 Å². The van der Waals surface area contributed by atoms with Crippen LogP contribution in [-0.4, -0.2) is 29.1 Å². The summed E-state index contributed by atoms with van der Waals surface area (Å²) in [5, 5.41) is 3.53. The fourth-order valence-electron chi connectivity index (χ4n) is 2.48. The fraction of sp³-hybridized carbons (Fsp3) is 0.929. The molecule has 0 aromatic heterocycles. The molecule has 1 heterocycles. The second-order valence-electron chi connectivity index (χ2n) is 5.72. The first-order valence-corrected chi connectivity index (χ1v) is 7.02. The summed E-state index contributed by atoms with van der Waals surface area (Å²) < 4.78 is 0. The smallest absolute Gasteiger partial charge is 0.241 e. The second-order valence-corrected chi connectivity index (χ2v) is 5.72. The van der Waals surface area contributed by atoms with E-state index in [-0.39, 0.29) is 12.2 Å². The summed E-state index contributed by atoms with van der Waals surface area (Å²) in [4.78, 5) is 14.6. The predicted molar refractivity (Wildman–Crippen MR) is 71.6 cm³/mol. The Morgan fingerprint density at radius 1 is 1.18 bits per heavy atom. The highest BCUT2D eigenvalue weighted by atomic mass is 16.2. The van der Waals surface area contributed by atoms with Crippen LogP contribution >= 0.6 is 0 Å². The zero-order chi connectivity index (χ0) is 13.2. The number of rotatable bonds is 5. The maximum absolute atomic E-state index is 12.5. The van der Waals surface area contributed by atoms with Crippen molar-refractivity contribution in [2.45, 2.75) is 72.6 Å². The van der Waals surface area contributed by atoms with Gasteiger partial charge in [-0.3, -0.25) is 10.1 Å². The minimum Gasteiger partial charge on any atom is -0.323 e. The average molecular weight is 240 g/mol. The summed E-state index contributed by atoms with van der Waals surface area (Å²) in [7, 11) is 0. The van der Waals surface area contributed by atoms with Crippen LogP contribution < -0.4 is 5.32 Å². The van der Waals surface area contributed by atoms with Crippen molar-refractivity contribution in [2.24, 2.45) is 11.8 Å². The first kappa shape index (κ1) is 14.5. The van der Waals surface area contributed by atoms with E-state index in [1.165, 1.54) is 0 Å². The number of amides is 1. The molecule has 1 saturated heterocycles. The standard InChI is InChI=1S/C14H28N2O/c1-7-10(5)12-14(17)16(11(6)8-2)13(15-12)9(3)4/h9-13,15H,7-8H2,1-6H3. The lowest BCUT2D eigenvalue weighted by atomic mass is 9.99. The van der Waals surface area contributed by atoms with Crippen molar-refractivity contribution in [3.8, 4) is 0 Å². The Balaban J connectivity index is 2.89. The van der Waals surface area contributed by atoms with Crippen molar-refractivity contribution < 1.29 is 4.79 Å². The van der Waals surface area contributed by atoms with Crippen molar-refractivity contribution in [2.75, 3.05) is 0 Å². The monoisotopic (exact) mass is 240 g/mol. The molecule has 4 atom stereocenters. The minimum atomic E-state index is 0.0152. The van der Waals surface area contributed by atoms with E-state index in [0.29, 0.717) is 23.8 Å². The molecule has 0 saturated carbocycles.